The Morgan fingerprint density at radius 2 is 2.15 bits per heavy atom. The van der Waals surface area contributed by atoms with E-state index in [1.807, 2.05) is 0 Å². The number of hydrogen-bond acceptors (Lipinski definition) is 4. The van der Waals surface area contributed by atoms with Gasteiger partial charge in [-0.15, -0.1) is 0 Å². The van der Waals surface area contributed by atoms with Crippen LogP contribution in [0.2, 0.25) is 0 Å². The van der Waals surface area contributed by atoms with Gasteiger partial charge in [0.2, 0.25) is 0 Å². The van der Waals surface area contributed by atoms with Crippen molar-refractivity contribution in [2.45, 2.75) is 12.8 Å². The van der Waals surface area contributed by atoms with Crippen molar-refractivity contribution in [1.82, 2.24) is 5.32 Å². The molecule has 0 atom stereocenters. The van der Waals surface area contributed by atoms with E-state index in [1.54, 1.807) is 12.1 Å². The summed E-state index contributed by atoms with van der Waals surface area (Å²) in [6.45, 7) is 0.424. The van der Waals surface area contributed by atoms with Crippen LogP contribution in [0.25, 0.3) is 0 Å². The third-order valence-electron chi connectivity index (χ3n) is 3.06. The lowest BCUT2D eigenvalue weighted by molar-refractivity contribution is -0.123. The minimum atomic E-state index is -1.13. The van der Waals surface area contributed by atoms with Crippen LogP contribution >= 0.6 is 0 Å². The van der Waals surface area contributed by atoms with Crippen molar-refractivity contribution in [2.75, 3.05) is 20.3 Å². The number of hydrogen-bond donors (Lipinski definition) is 2. The quantitative estimate of drug-likeness (QED) is 0.785. The Balaban J connectivity index is 1.99. The third-order valence-corrected chi connectivity index (χ3v) is 3.06. The number of para-hydroxylation sites is 1. The number of benzene rings is 1. The number of carbonyl (C=O) groups is 2. The van der Waals surface area contributed by atoms with Gasteiger partial charge in [-0.3, -0.25) is 4.79 Å². The predicted octanol–water partition coefficient (Wildman–Crippen LogP) is 1.30. The first kappa shape index (κ1) is 14.2. The number of carbonyl (C=O) groups excluding carboxylic acids is 1. The summed E-state index contributed by atoms with van der Waals surface area (Å²) in [5.41, 5.74) is -0.0284. The first-order chi connectivity index (χ1) is 9.61. The molecule has 1 fully saturated rings. The summed E-state index contributed by atoms with van der Waals surface area (Å²) < 4.78 is 10.4. The van der Waals surface area contributed by atoms with Gasteiger partial charge < -0.3 is 19.9 Å². The van der Waals surface area contributed by atoms with Gasteiger partial charge in [0.05, 0.1) is 7.11 Å². The highest BCUT2D eigenvalue weighted by Gasteiger charge is 2.22. The average Bonchev–Trinajstić information content (AvgIpc) is 3.26. The van der Waals surface area contributed by atoms with Crippen molar-refractivity contribution in [1.29, 1.82) is 0 Å². The standard InChI is InChI=1S/C14H17NO5/c1-19-11-4-2-3-10(14(17)18)13(11)20-8-12(16)15-7-9-5-6-9/h2-4,9H,5-8H2,1H3,(H,15,16)(H,17,18). The van der Waals surface area contributed by atoms with Gasteiger partial charge in [0.1, 0.15) is 5.56 Å². The molecule has 2 N–H and O–H groups in total. The summed E-state index contributed by atoms with van der Waals surface area (Å²) in [6.07, 6.45) is 2.30. The summed E-state index contributed by atoms with van der Waals surface area (Å²) >= 11 is 0. The molecule has 108 valence electrons. The normalized spacial score (nSPS) is 13.7. The molecule has 0 bridgehead atoms. The molecule has 1 aromatic rings. The van der Waals surface area contributed by atoms with Gasteiger partial charge in [0.25, 0.3) is 5.91 Å². The van der Waals surface area contributed by atoms with E-state index in [9.17, 15) is 9.59 Å². The largest absolute Gasteiger partial charge is 0.493 e. The minimum absolute atomic E-state index is 0.0284. The molecule has 0 aliphatic heterocycles. The van der Waals surface area contributed by atoms with Gasteiger partial charge in [0.15, 0.2) is 18.1 Å². The topological polar surface area (TPSA) is 84.9 Å². The molecule has 6 heteroatoms. The van der Waals surface area contributed by atoms with E-state index in [0.29, 0.717) is 18.2 Å². The molecule has 2 rings (SSSR count). The van der Waals surface area contributed by atoms with Gasteiger partial charge in [-0.25, -0.2) is 4.79 Å². The van der Waals surface area contributed by atoms with Crippen molar-refractivity contribution >= 4 is 11.9 Å². The lowest BCUT2D eigenvalue weighted by Crippen LogP contribution is -2.30. The van der Waals surface area contributed by atoms with Crippen LogP contribution in [0.5, 0.6) is 11.5 Å². The molecule has 1 aromatic carbocycles. The molecule has 1 saturated carbocycles. The third kappa shape index (κ3) is 3.63. The second-order valence-electron chi connectivity index (χ2n) is 4.68. The molecule has 0 saturated heterocycles. The van der Waals surface area contributed by atoms with Crippen LogP contribution in [0.3, 0.4) is 0 Å². The van der Waals surface area contributed by atoms with Gasteiger partial charge in [-0.2, -0.15) is 0 Å². The smallest absolute Gasteiger partial charge is 0.339 e. The predicted molar refractivity (Wildman–Crippen MR) is 71.2 cm³/mol. The maximum atomic E-state index is 11.6. The fraction of sp³-hybridized carbons (Fsp3) is 0.429. The molecule has 1 aliphatic rings. The summed E-state index contributed by atoms with van der Waals surface area (Å²) in [5.74, 6) is -0.444. The van der Waals surface area contributed by atoms with Crippen LogP contribution in [0, 0.1) is 5.92 Å². The van der Waals surface area contributed by atoms with E-state index < -0.39 is 5.97 Å². The zero-order chi connectivity index (χ0) is 14.5. The highest BCUT2D eigenvalue weighted by Crippen LogP contribution is 2.31. The van der Waals surface area contributed by atoms with E-state index in [2.05, 4.69) is 5.32 Å². The monoisotopic (exact) mass is 279 g/mol. The Labute approximate surface area is 116 Å². The van der Waals surface area contributed by atoms with Gasteiger partial charge in [-0.1, -0.05) is 6.07 Å². The number of amides is 1. The van der Waals surface area contributed by atoms with Crippen LogP contribution in [-0.2, 0) is 4.79 Å². The Bertz CT molecular complexity index is 510. The molecule has 20 heavy (non-hydrogen) atoms. The highest BCUT2D eigenvalue weighted by atomic mass is 16.5. The molecular formula is C14H17NO5. The fourth-order valence-electron chi connectivity index (χ4n) is 1.76. The van der Waals surface area contributed by atoms with Crippen molar-refractivity contribution in [2.24, 2.45) is 5.92 Å². The van der Waals surface area contributed by atoms with Gasteiger partial charge in [-0.05, 0) is 30.9 Å². The minimum Gasteiger partial charge on any atom is -0.493 e. The van der Waals surface area contributed by atoms with Crippen LogP contribution in [-0.4, -0.2) is 37.2 Å². The Kier molecular flexibility index (Phi) is 4.45. The molecule has 0 spiro atoms. The number of ether oxygens (including phenoxy) is 2. The van der Waals surface area contributed by atoms with E-state index in [0.717, 1.165) is 12.8 Å². The van der Waals surface area contributed by atoms with E-state index in [4.69, 9.17) is 14.6 Å². The van der Waals surface area contributed by atoms with Crippen LogP contribution in [0.4, 0.5) is 0 Å². The fourth-order valence-corrected chi connectivity index (χ4v) is 1.76. The highest BCUT2D eigenvalue weighted by molar-refractivity contribution is 5.92. The first-order valence-corrected chi connectivity index (χ1v) is 6.41. The van der Waals surface area contributed by atoms with Crippen LogP contribution < -0.4 is 14.8 Å². The van der Waals surface area contributed by atoms with Crippen molar-refractivity contribution in [3.05, 3.63) is 23.8 Å². The molecule has 0 radical (unpaired) electrons. The second kappa shape index (κ2) is 6.27. The molecule has 0 unspecified atom stereocenters. The van der Waals surface area contributed by atoms with E-state index in [1.165, 1.54) is 13.2 Å². The maximum Gasteiger partial charge on any atom is 0.339 e. The first-order valence-electron chi connectivity index (χ1n) is 6.41. The Hall–Kier alpha value is -2.24. The number of aromatic carboxylic acids is 1. The van der Waals surface area contributed by atoms with Crippen LogP contribution in [0.15, 0.2) is 18.2 Å². The lowest BCUT2D eigenvalue weighted by atomic mass is 10.2. The summed E-state index contributed by atoms with van der Waals surface area (Å²) in [7, 11) is 1.42. The summed E-state index contributed by atoms with van der Waals surface area (Å²) in [4.78, 5) is 22.7. The van der Waals surface area contributed by atoms with Gasteiger partial charge >= 0.3 is 5.97 Å². The SMILES string of the molecule is COc1cccc(C(=O)O)c1OCC(=O)NCC1CC1. The zero-order valence-corrected chi connectivity index (χ0v) is 11.2. The maximum absolute atomic E-state index is 11.6. The number of carboxylic acid groups (broad SMARTS) is 1. The second-order valence-corrected chi connectivity index (χ2v) is 4.68. The van der Waals surface area contributed by atoms with Gasteiger partial charge in [0, 0.05) is 6.54 Å². The van der Waals surface area contributed by atoms with Crippen molar-refractivity contribution < 1.29 is 24.2 Å². The number of carboxylic acids is 1. The number of nitrogens with one attached hydrogen (secondary N) is 1. The zero-order valence-electron chi connectivity index (χ0n) is 11.2. The molecule has 1 aliphatic carbocycles. The molecule has 6 nitrogen and oxygen atoms in total. The summed E-state index contributed by atoms with van der Waals surface area (Å²) in [6, 6.07) is 4.55. The van der Waals surface area contributed by atoms with E-state index in [-0.39, 0.29) is 23.8 Å². The lowest BCUT2D eigenvalue weighted by Gasteiger charge is -2.13. The van der Waals surface area contributed by atoms with Crippen molar-refractivity contribution in [3.8, 4) is 11.5 Å². The molecule has 0 aromatic heterocycles. The summed E-state index contributed by atoms with van der Waals surface area (Å²) in [5, 5.41) is 11.8. The number of rotatable bonds is 7. The average molecular weight is 279 g/mol. The Morgan fingerprint density at radius 1 is 1.40 bits per heavy atom. The molecule has 1 amide bonds. The van der Waals surface area contributed by atoms with Crippen LogP contribution in [0.1, 0.15) is 23.2 Å². The molecule has 0 heterocycles. The molecular weight excluding hydrogens is 262 g/mol. The Morgan fingerprint density at radius 3 is 2.75 bits per heavy atom. The van der Waals surface area contributed by atoms with E-state index >= 15 is 0 Å². The number of methoxy groups -OCH3 is 1. The van der Waals surface area contributed by atoms with Crippen molar-refractivity contribution in [3.63, 3.8) is 0 Å².